The maximum atomic E-state index is 11.7. The van der Waals surface area contributed by atoms with Crippen LogP contribution in [0.25, 0.3) is 0 Å². The maximum absolute atomic E-state index is 11.7. The summed E-state index contributed by atoms with van der Waals surface area (Å²) < 4.78 is 25.8. The fourth-order valence-corrected chi connectivity index (χ4v) is 4.16. The molecule has 0 aromatic heterocycles. The molecular formula is C20H36IN5O2S. The van der Waals surface area contributed by atoms with Crippen LogP contribution < -0.4 is 15.4 Å². The molecule has 1 aromatic rings. The van der Waals surface area contributed by atoms with E-state index in [2.05, 4.69) is 25.2 Å². The summed E-state index contributed by atoms with van der Waals surface area (Å²) in [5.74, 6) is 0.755. The van der Waals surface area contributed by atoms with Gasteiger partial charge in [-0.15, -0.1) is 24.0 Å². The number of likely N-dealkylation sites (tertiary alicyclic amines) is 1. The standard InChI is InChI=1S/C20H35N5O2S.HI/c1-21-20(23-11-8-14-25-12-5-3-4-6-13-25)24-16-18-9-7-10-19(15-18)17-28(26,27)22-2;/h7,9-10,15,22H,3-6,8,11-14,16-17H2,1-2H3,(H2,21,23,24);1H. The first-order chi connectivity index (χ1) is 13.5. The first kappa shape index (κ1) is 26.1. The van der Waals surface area contributed by atoms with Crippen molar-refractivity contribution in [1.29, 1.82) is 0 Å². The lowest BCUT2D eigenvalue weighted by molar-refractivity contribution is 0.282. The van der Waals surface area contributed by atoms with E-state index >= 15 is 0 Å². The number of nitrogens with zero attached hydrogens (tertiary/aromatic N) is 2. The summed E-state index contributed by atoms with van der Waals surface area (Å²) in [6, 6.07) is 7.60. The van der Waals surface area contributed by atoms with Crippen molar-refractivity contribution < 1.29 is 8.42 Å². The number of aliphatic imine (C=N–C) groups is 1. The van der Waals surface area contributed by atoms with Crippen molar-refractivity contribution in [3.05, 3.63) is 35.4 Å². The summed E-state index contributed by atoms with van der Waals surface area (Å²) in [6.07, 6.45) is 6.48. The molecule has 2 rings (SSSR count). The van der Waals surface area contributed by atoms with Crippen molar-refractivity contribution in [2.24, 2.45) is 4.99 Å². The predicted octanol–water partition coefficient (Wildman–Crippen LogP) is 2.28. The van der Waals surface area contributed by atoms with E-state index in [1.807, 2.05) is 24.3 Å². The monoisotopic (exact) mass is 537 g/mol. The average Bonchev–Trinajstić information content (AvgIpc) is 2.96. The van der Waals surface area contributed by atoms with Gasteiger partial charge in [0.15, 0.2) is 5.96 Å². The molecule has 1 fully saturated rings. The zero-order valence-electron chi connectivity index (χ0n) is 17.6. The van der Waals surface area contributed by atoms with Crippen molar-refractivity contribution in [2.45, 2.75) is 44.4 Å². The Morgan fingerprint density at radius 3 is 2.45 bits per heavy atom. The lowest BCUT2D eigenvalue weighted by atomic mass is 10.1. The second-order valence-electron chi connectivity index (χ2n) is 7.25. The summed E-state index contributed by atoms with van der Waals surface area (Å²) in [6.45, 7) is 5.07. The van der Waals surface area contributed by atoms with E-state index in [-0.39, 0.29) is 29.7 Å². The molecule has 166 valence electrons. The minimum atomic E-state index is -3.26. The molecule has 7 nitrogen and oxygen atoms in total. The van der Waals surface area contributed by atoms with Gasteiger partial charge in [-0.1, -0.05) is 37.1 Å². The molecule has 1 heterocycles. The fraction of sp³-hybridized carbons (Fsp3) is 0.650. The van der Waals surface area contributed by atoms with E-state index in [0.717, 1.165) is 36.6 Å². The molecule has 1 aliphatic rings. The second-order valence-corrected chi connectivity index (χ2v) is 9.17. The Morgan fingerprint density at radius 1 is 1.10 bits per heavy atom. The van der Waals surface area contributed by atoms with Gasteiger partial charge < -0.3 is 15.5 Å². The Hall–Kier alpha value is -0.910. The maximum Gasteiger partial charge on any atom is 0.215 e. The van der Waals surface area contributed by atoms with Crippen LogP contribution in [0.3, 0.4) is 0 Å². The third-order valence-electron chi connectivity index (χ3n) is 4.98. The number of sulfonamides is 1. The Kier molecular flexibility index (Phi) is 12.8. The number of benzene rings is 1. The van der Waals surface area contributed by atoms with Crippen LogP contribution in [0.2, 0.25) is 0 Å². The largest absolute Gasteiger partial charge is 0.356 e. The SMILES string of the molecule is CN=C(NCCCN1CCCCCC1)NCc1cccc(CS(=O)(=O)NC)c1.I. The first-order valence-corrected chi connectivity index (χ1v) is 11.8. The molecule has 3 N–H and O–H groups in total. The Balaban J connectivity index is 0.00000420. The van der Waals surface area contributed by atoms with Crippen LogP contribution >= 0.6 is 24.0 Å². The van der Waals surface area contributed by atoms with Gasteiger partial charge in [-0.3, -0.25) is 4.99 Å². The van der Waals surface area contributed by atoms with E-state index in [4.69, 9.17) is 0 Å². The summed E-state index contributed by atoms with van der Waals surface area (Å²) in [7, 11) is -0.0647. The average molecular weight is 538 g/mol. The Bertz CT molecular complexity index is 719. The first-order valence-electron chi connectivity index (χ1n) is 10.2. The summed E-state index contributed by atoms with van der Waals surface area (Å²) in [5, 5.41) is 6.66. The molecule has 0 spiro atoms. The van der Waals surface area contributed by atoms with E-state index < -0.39 is 10.0 Å². The van der Waals surface area contributed by atoms with Crippen LogP contribution in [0.4, 0.5) is 0 Å². The minimum absolute atomic E-state index is 0. The second kappa shape index (κ2) is 14.2. The molecule has 0 saturated carbocycles. The Morgan fingerprint density at radius 2 is 1.79 bits per heavy atom. The lowest BCUT2D eigenvalue weighted by Gasteiger charge is -2.20. The van der Waals surface area contributed by atoms with Gasteiger partial charge in [-0.2, -0.15) is 0 Å². The fourth-order valence-electron chi connectivity index (χ4n) is 3.40. The zero-order chi connectivity index (χ0) is 20.2. The molecule has 0 bridgehead atoms. The van der Waals surface area contributed by atoms with Crippen molar-refractivity contribution in [1.82, 2.24) is 20.3 Å². The number of nitrogens with one attached hydrogen (secondary N) is 3. The topological polar surface area (TPSA) is 85.8 Å². The van der Waals surface area contributed by atoms with Gasteiger partial charge in [0, 0.05) is 20.1 Å². The van der Waals surface area contributed by atoms with Gasteiger partial charge in [-0.25, -0.2) is 13.1 Å². The molecular weight excluding hydrogens is 501 g/mol. The highest BCUT2D eigenvalue weighted by atomic mass is 127. The van der Waals surface area contributed by atoms with Gasteiger partial charge >= 0.3 is 0 Å². The smallest absolute Gasteiger partial charge is 0.215 e. The van der Waals surface area contributed by atoms with Crippen molar-refractivity contribution in [3.8, 4) is 0 Å². The summed E-state index contributed by atoms with van der Waals surface area (Å²) in [4.78, 5) is 6.84. The van der Waals surface area contributed by atoms with Crippen molar-refractivity contribution >= 4 is 40.0 Å². The molecule has 0 atom stereocenters. The van der Waals surface area contributed by atoms with Crippen LogP contribution in [0.15, 0.2) is 29.3 Å². The summed E-state index contributed by atoms with van der Waals surface area (Å²) >= 11 is 0. The number of hydrogen-bond donors (Lipinski definition) is 3. The Labute approximate surface area is 193 Å². The van der Waals surface area contributed by atoms with Crippen LogP contribution in [0, 0.1) is 0 Å². The molecule has 0 unspecified atom stereocenters. The molecule has 1 aromatic carbocycles. The van der Waals surface area contributed by atoms with E-state index in [1.165, 1.54) is 45.8 Å². The third kappa shape index (κ3) is 10.6. The van der Waals surface area contributed by atoms with Gasteiger partial charge in [0.1, 0.15) is 0 Å². The van der Waals surface area contributed by atoms with Gasteiger partial charge in [0.2, 0.25) is 10.0 Å². The van der Waals surface area contributed by atoms with Crippen LogP contribution in [0.5, 0.6) is 0 Å². The number of guanidine groups is 1. The number of rotatable bonds is 9. The molecule has 29 heavy (non-hydrogen) atoms. The molecule has 1 aliphatic heterocycles. The predicted molar refractivity (Wildman–Crippen MR) is 131 cm³/mol. The zero-order valence-corrected chi connectivity index (χ0v) is 20.8. The quantitative estimate of drug-likeness (QED) is 0.195. The highest BCUT2D eigenvalue weighted by molar-refractivity contribution is 14.0. The van der Waals surface area contributed by atoms with E-state index in [1.54, 1.807) is 7.05 Å². The normalized spacial score (nSPS) is 16.0. The highest BCUT2D eigenvalue weighted by Crippen LogP contribution is 2.10. The van der Waals surface area contributed by atoms with E-state index in [0.29, 0.717) is 6.54 Å². The summed E-state index contributed by atoms with van der Waals surface area (Å²) in [5.41, 5.74) is 1.80. The van der Waals surface area contributed by atoms with Crippen LogP contribution in [-0.2, 0) is 22.3 Å². The third-order valence-corrected chi connectivity index (χ3v) is 6.32. The minimum Gasteiger partial charge on any atom is -0.356 e. The highest BCUT2D eigenvalue weighted by Gasteiger charge is 2.10. The molecule has 9 heteroatoms. The molecule has 1 saturated heterocycles. The number of halogens is 1. The number of hydrogen-bond acceptors (Lipinski definition) is 4. The van der Waals surface area contributed by atoms with Gasteiger partial charge in [-0.05, 0) is 57.1 Å². The lowest BCUT2D eigenvalue weighted by Crippen LogP contribution is -2.38. The van der Waals surface area contributed by atoms with Crippen molar-refractivity contribution in [3.63, 3.8) is 0 Å². The van der Waals surface area contributed by atoms with Crippen molar-refractivity contribution in [2.75, 3.05) is 40.3 Å². The van der Waals surface area contributed by atoms with Gasteiger partial charge in [0.25, 0.3) is 0 Å². The molecule has 0 amide bonds. The van der Waals surface area contributed by atoms with Gasteiger partial charge in [0.05, 0.1) is 5.75 Å². The molecule has 0 radical (unpaired) electrons. The van der Waals surface area contributed by atoms with Crippen LogP contribution in [0.1, 0.15) is 43.2 Å². The van der Waals surface area contributed by atoms with Crippen LogP contribution in [-0.4, -0.2) is 59.6 Å². The van der Waals surface area contributed by atoms with E-state index in [9.17, 15) is 8.42 Å². The molecule has 0 aliphatic carbocycles.